The van der Waals surface area contributed by atoms with Gasteiger partial charge in [0.25, 0.3) is 0 Å². The number of nitrogens with zero attached hydrogens (tertiary/aromatic N) is 2. The lowest BCUT2D eigenvalue weighted by Gasteiger charge is -2.15. The number of benzene rings is 1. The van der Waals surface area contributed by atoms with Gasteiger partial charge in [0, 0.05) is 19.2 Å². The maximum absolute atomic E-state index is 12.3. The number of aromatic nitrogens is 1. The fraction of sp³-hybridized carbons (Fsp3) is 0.333. The van der Waals surface area contributed by atoms with Gasteiger partial charge in [0.2, 0.25) is 5.91 Å². The summed E-state index contributed by atoms with van der Waals surface area (Å²) in [7, 11) is 0. The molecule has 0 saturated heterocycles. The highest BCUT2D eigenvalue weighted by Gasteiger charge is 2.23. The Labute approximate surface area is 125 Å². The van der Waals surface area contributed by atoms with E-state index in [0.717, 1.165) is 12.1 Å². The van der Waals surface area contributed by atoms with E-state index in [9.17, 15) is 4.79 Å². The number of aryl methyl sites for hydroxylation is 3. The minimum Gasteiger partial charge on any atom is -0.332 e. The standard InChI is InChI=1S/C18H20N2O/c1-13-5-6-15(10-14(13)2)7-8-18(21)20-11-16-4-3-9-19-17(16)12-20/h3-6,9-10H,7-8,11-12H2,1-2H3. The van der Waals surface area contributed by atoms with Gasteiger partial charge < -0.3 is 4.90 Å². The Morgan fingerprint density at radius 1 is 1.19 bits per heavy atom. The van der Waals surface area contributed by atoms with Crippen LogP contribution in [0.5, 0.6) is 0 Å². The molecule has 0 radical (unpaired) electrons. The van der Waals surface area contributed by atoms with Gasteiger partial charge in [-0.3, -0.25) is 9.78 Å². The first-order valence-corrected chi connectivity index (χ1v) is 7.40. The molecule has 1 aromatic heterocycles. The topological polar surface area (TPSA) is 33.2 Å². The monoisotopic (exact) mass is 280 g/mol. The average Bonchev–Trinajstić information content (AvgIpc) is 2.92. The third-order valence-corrected chi connectivity index (χ3v) is 4.24. The summed E-state index contributed by atoms with van der Waals surface area (Å²) >= 11 is 0. The molecule has 0 saturated carbocycles. The first-order valence-electron chi connectivity index (χ1n) is 7.40. The lowest BCUT2D eigenvalue weighted by atomic mass is 10.0. The Balaban J connectivity index is 1.59. The number of carbonyl (C=O) groups excluding carboxylic acids is 1. The van der Waals surface area contributed by atoms with Gasteiger partial charge >= 0.3 is 0 Å². The van der Waals surface area contributed by atoms with Crippen LogP contribution in [0.2, 0.25) is 0 Å². The minimum atomic E-state index is 0.214. The molecule has 0 unspecified atom stereocenters. The molecule has 0 fully saturated rings. The van der Waals surface area contributed by atoms with E-state index in [1.54, 1.807) is 6.20 Å². The molecule has 0 bridgehead atoms. The smallest absolute Gasteiger partial charge is 0.223 e. The Bertz CT molecular complexity index is 654. The van der Waals surface area contributed by atoms with Crippen LogP contribution in [0.15, 0.2) is 36.5 Å². The first kappa shape index (κ1) is 13.8. The lowest BCUT2D eigenvalue weighted by molar-refractivity contribution is -0.131. The van der Waals surface area contributed by atoms with E-state index in [1.807, 2.05) is 11.0 Å². The molecule has 1 aromatic carbocycles. The maximum atomic E-state index is 12.3. The van der Waals surface area contributed by atoms with Crippen LogP contribution >= 0.6 is 0 Å². The van der Waals surface area contributed by atoms with Gasteiger partial charge in [0.15, 0.2) is 0 Å². The Morgan fingerprint density at radius 2 is 2.05 bits per heavy atom. The number of rotatable bonds is 3. The van der Waals surface area contributed by atoms with Crippen LogP contribution in [0, 0.1) is 13.8 Å². The second kappa shape index (κ2) is 5.68. The summed E-state index contributed by atoms with van der Waals surface area (Å²) in [5.74, 6) is 0.214. The summed E-state index contributed by atoms with van der Waals surface area (Å²) in [4.78, 5) is 18.6. The molecule has 0 atom stereocenters. The van der Waals surface area contributed by atoms with E-state index in [0.29, 0.717) is 19.5 Å². The second-order valence-corrected chi connectivity index (χ2v) is 5.78. The van der Waals surface area contributed by atoms with Crippen LogP contribution in [-0.2, 0) is 24.3 Å². The van der Waals surface area contributed by atoms with Crippen molar-refractivity contribution < 1.29 is 4.79 Å². The van der Waals surface area contributed by atoms with Crippen molar-refractivity contribution in [1.82, 2.24) is 9.88 Å². The van der Waals surface area contributed by atoms with Crippen LogP contribution in [0.3, 0.4) is 0 Å². The van der Waals surface area contributed by atoms with Crippen LogP contribution < -0.4 is 0 Å². The molecule has 3 heteroatoms. The van der Waals surface area contributed by atoms with E-state index in [4.69, 9.17) is 0 Å². The summed E-state index contributed by atoms with van der Waals surface area (Å²) in [6, 6.07) is 10.4. The number of fused-ring (bicyclic) bond motifs is 1. The zero-order valence-corrected chi connectivity index (χ0v) is 12.6. The summed E-state index contributed by atoms with van der Waals surface area (Å²) in [6.07, 6.45) is 3.17. The van der Waals surface area contributed by atoms with Gasteiger partial charge in [0.1, 0.15) is 0 Å². The number of amides is 1. The predicted octanol–water partition coefficient (Wildman–Crippen LogP) is 3.17. The van der Waals surface area contributed by atoms with Crippen molar-refractivity contribution in [3.63, 3.8) is 0 Å². The molecule has 21 heavy (non-hydrogen) atoms. The first-order chi connectivity index (χ1) is 10.1. The zero-order valence-electron chi connectivity index (χ0n) is 12.6. The van der Waals surface area contributed by atoms with Crippen molar-refractivity contribution in [2.75, 3.05) is 0 Å². The highest BCUT2D eigenvalue weighted by atomic mass is 16.2. The van der Waals surface area contributed by atoms with E-state index < -0.39 is 0 Å². The Hall–Kier alpha value is -2.16. The second-order valence-electron chi connectivity index (χ2n) is 5.78. The van der Waals surface area contributed by atoms with E-state index in [-0.39, 0.29) is 5.91 Å². The molecule has 0 N–H and O–H groups in total. The van der Waals surface area contributed by atoms with Gasteiger partial charge in [-0.25, -0.2) is 0 Å². The van der Waals surface area contributed by atoms with Gasteiger partial charge in [-0.2, -0.15) is 0 Å². The third kappa shape index (κ3) is 2.97. The van der Waals surface area contributed by atoms with Crippen LogP contribution in [0.4, 0.5) is 0 Å². The molecule has 3 rings (SSSR count). The van der Waals surface area contributed by atoms with Crippen LogP contribution in [0.25, 0.3) is 0 Å². The van der Waals surface area contributed by atoms with Crippen molar-refractivity contribution in [3.8, 4) is 0 Å². The number of pyridine rings is 1. The fourth-order valence-corrected chi connectivity index (χ4v) is 2.74. The number of carbonyl (C=O) groups is 1. The minimum absolute atomic E-state index is 0.214. The van der Waals surface area contributed by atoms with Gasteiger partial charge in [-0.05, 0) is 48.6 Å². The molecule has 0 aliphatic carbocycles. The molecular weight excluding hydrogens is 260 g/mol. The van der Waals surface area contributed by atoms with Crippen molar-refractivity contribution in [1.29, 1.82) is 0 Å². The SMILES string of the molecule is Cc1ccc(CCC(=O)N2Cc3cccnc3C2)cc1C. The molecule has 2 heterocycles. The summed E-state index contributed by atoms with van der Waals surface area (Å²) < 4.78 is 0. The van der Waals surface area contributed by atoms with Gasteiger partial charge in [-0.15, -0.1) is 0 Å². The maximum Gasteiger partial charge on any atom is 0.223 e. The molecule has 1 aliphatic rings. The van der Waals surface area contributed by atoms with Gasteiger partial charge in [0.05, 0.1) is 12.2 Å². The quantitative estimate of drug-likeness (QED) is 0.865. The van der Waals surface area contributed by atoms with E-state index in [1.165, 1.54) is 22.3 Å². The van der Waals surface area contributed by atoms with Crippen LogP contribution in [0.1, 0.15) is 34.4 Å². The summed E-state index contributed by atoms with van der Waals surface area (Å²) in [5, 5.41) is 0. The molecule has 1 aliphatic heterocycles. The highest BCUT2D eigenvalue weighted by Crippen LogP contribution is 2.21. The molecule has 3 nitrogen and oxygen atoms in total. The van der Waals surface area contributed by atoms with Crippen molar-refractivity contribution in [3.05, 3.63) is 64.5 Å². The van der Waals surface area contributed by atoms with Crippen molar-refractivity contribution in [2.45, 2.75) is 39.8 Å². The average molecular weight is 280 g/mol. The normalized spacial score (nSPS) is 13.3. The number of hydrogen-bond donors (Lipinski definition) is 0. The van der Waals surface area contributed by atoms with Crippen LogP contribution in [-0.4, -0.2) is 15.8 Å². The van der Waals surface area contributed by atoms with Crippen molar-refractivity contribution in [2.24, 2.45) is 0 Å². The molecule has 2 aromatic rings. The molecular formula is C18H20N2O. The third-order valence-electron chi connectivity index (χ3n) is 4.24. The number of hydrogen-bond acceptors (Lipinski definition) is 2. The Morgan fingerprint density at radius 3 is 2.81 bits per heavy atom. The molecule has 0 spiro atoms. The van der Waals surface area contributed by atoms with E-state index >= 15 is 0 Å². The zero-order chi connectivity index (χ0) is 14.8. The molecule has 1 amide bonds. The van der Waals surface area contributed by atoms with Gasteiger partial charge in [-0.1, -0.05) is 24.3 Å². The molecule has 108 valence electrons. The predicted molar refractivity (Wildman–Crippen MR) is 82.7 cm³/mol. The largest absolute Gasteiger partial charge is 0.332 e. The van der Waals surface area contributed by atoms with Crippen molar-refractivity contribution >= 4 is 5.91 Å². The summed E-state index contributed by atoms with van der Waals surface area (Å²) in [6.45, 7) is 5.58. The van der Waals surface area contributed by atoms with E-state index in [2.05, 4.69) is 43.1 Å². The fourth-order valence-electron chi connectivity index (χ4n) is 2.74. The highest BCUT2D eigenvalue weighted by molar-refractivity contribution is 5.77. The summed E-state index contributed by atoms with van der Waals surface area (Å²) in [5.41, 5.74) is 6.04. The lowest BCUT2D eigenvalue weighted by Crippen LogP contribution is -2.25. The Kier molecular flexibility index (Phi) is 3.74.